The van der Waals surface area contributed by atoms with Crippen molar-refractivity contribution in [2.24, 2.45) is 0 Å². The maximum Gasteiger partial charge on any atom is 0.0656 e. The topological polar surface area (TPSA) is 41.3 Å². The van der Waals surface area contributed by atoms with Crippen molar-refractivity contribution >= 4 is 23.0 Å². The largest absolute Gasteiger partial charge is 0.398 e. The summed E-state index contributed by atoms with van der Waals surface area (Å²) in [6, 6.07) is 4.44. The number of anilines is 2. The number of halogens is 1. The van der Waals surface area contributed by atoms with E-state index < -0.39 is 0 Å². The molecule has 0 spiro atoms. The molecule has 1 aromatic carbocycles. The summed E-state index contributed by atoms with van der Waals surface area (Å²) in [5.74, 6) is 0. The molecule has 3 nitrogen and oxygen atoms in total. The zero-order valence-electron chi connectivity index (χ0n) is 12.5. The van der Waals surface area contributed by atoms with Crippen molar-refractivity contribution in [1.82, 2.24) is 4.90 Å². The lowest BCUT2D eigenvalue weighted by Gasteiger charge is -2.20. The van der Waals surface area contributed by atoms with Crippen molar-refractivity contribution in [3.8, 4) is 0 Å². The van der Waals surface area contributed by atoms with Crippen molar-refractivity contribution in [3.05, 3.63) is 22.7 Å². The third-order valence-electron chi connectivity index (χ3n) is 3.48. The number of hydrogen-bond donors (Lipinski definition) is 2. The Morgan fingerprint density at radius 1 is 1.32 bits per heavy atom. The number of nitrogens with two attached hydrogens (primary N) is 1. The van der Waals surface area contributed by atoms with Gasteiger partial charge in [-0.3, -0.25) is 0 Å². The smallest absolute Gasteiger partial charge is 0.0656 e. The number of nitrogen functional groups attached to an aromatic ring is 1. The van der Waals surface area contributed by atoms with Gasteiger partial charge in [-0.15, -0.1) is 0 Å². The molecule has 0 radical (unpaired) electrons. The van der Waals surface area contributed by atoms with E-state index in [4.69, 9.17) is 17.3 Å². The van der Waals surface area contributed by atoms with E-state index in [0.29, 0.717) is 16.8 Å². The third kappa shape index (κ3) is 5.29. The molecule has 0 unspecified atom stereocenters. The van der Waals surface area contributed by atoms with Crippen LogP contribution in [0.4, 0.5) is 11.4 Å². The molecular formula is C15H26ClN3. The second-order valence-electron chi connectivity index (χ2n) is 5.40. The van der Waals surface area contributed by atoms with Crippen LogP contribution in [0.25, 0.3) is 0 Å². The Morgan fingerprint density at radius 3 is 2.63 bits per heavy atom. The average Bonchev–Trinajstić information content (AvgIpc) is 2.34. The summed E-state index contributed by atoms with van der Waals surface area (Å²) in [5.41, 5.74) is 8.62. The van der Waals surface area contributed by atoms with E-state index in [1.54, 1.807) is 0 Å². The summed E-state index contributed by atoms with van der Waals surface area (Å²) in [6.45, 7) is 8.59. The van der Waals surface area contributed by atoms with E-state index in [2.05, 4.69) is 31.1 Å². The molecule has 0 aliphatic carbocycles. The summed E-state index contributed by atoms with van der Waals surface area (Å²) in [6.07, 6.45) is 2.35. The molecule has 0 aromatic heterocycles. The minimum absolute atomic E-state index is 0.617. The maximum atomic E-state index is 6.03. The van der Waals surface area contributed by atoms with Crippen molar-refractivity contribution in [2.75, 3.05) is 31.2 Å². The maximum absolute atomic E-state index is 6.03. The number of rotatable bonds is 7. The molecule has 4 heteroatoms. The van der Waals surface area contributed by atoms with Gasteiger partial charge in [0.15, 0.2) is 0 Å². The minimum Gasteiger partial charge on any atom is -0.398 e. The highest BCUT2D eigenvalue weighted by Gasteiger charge is 2.04. The van der Waals surface area contributed by atoms with Crippen molar-refractivity contribution < 1.29 is 0 Å². The molecule has 0 atom stereocenters. The summed E-state index contributed by atoms with van der Waals surface area (Å²) in [5, 5.41) is 4.04. The highest BCUT2D eigenvalue weighted by atomic mass is 35.5. The predicted molar refractivity (Wildman–Crippen MR) is 86.1 cm³/mol. The Bertz CT molecular complexity index is 405. The van der Waals surface area contributed by atoms with E-state index in [-0.39, 0.29) is 0 Å². The van der Waals surface area contributed by atoms with Crippen LogP contribution in [-0.4, -0.2) is 31.1 Å². The summed E-state index contributed by atoms with van der Waals surface area (Å²) >= 11 is 6.03. The molecule has 3 N–H and O–H groups in total. The number of aryl methyl sites for hydroxylation is 1. The zero-order chi connectivity index (χ0) is 14.4. The van der Waals surface area contributed by atoms with Crippen molar-refractivity contribution in [3.63, 3.8) is 0 Å². The number of nitrogens with zero attached hydrogens (tertiary/aromatic N) is 1. The Morgan fingerprint density at radius 2 is 2.00 bits per heavy atom. The fraction of sp³-hybridized carbons (Fsp3) is 0.600. The molecule has 0 aliphatic heterocycles. The van der Waals surface area contributed by atoms with Crippen LogP contribution >= 0.6 is 11.6 Å². The van der Waals surface area contributed by atoms with Gasteiger partial charge >= 0.3 is 0 Å². The lowest BCUT2D eigenvalue weighted by molar-refractivity contribution is 0.269. The summed E-state index contributed by atoms with van der Waals surface area (Å²) in [7, 11) is 2.17. The van der Waals surface area contributed by atoms with Crippen LogP contribution in [-0.2, 0) is 0 Å². The molecule has 0 amide bonds. The zero-order valence-corrected chi connectivity index (χ0v) is 13.2. The Balaban J connectivity index is 2.32. The Labute approximate surface area is 122 Å². The van der Waals surface area contributed by atoms with Gasteiger partial charge in [-0.25, -0.2) is 0 Å². The molecule has 1 aromatic rings. The fourth-order valence-corrected chi connectivity index (χ4v) is 2.03. The normalized spacial score (nSPS) is 11.3. The minimum atomic E-state index is 0.617. The summed E-state index contributed by atoms with van der Waals surface area (Å²) in [4.78, 5) is 2.37. The average molecular weight is 284 g/mol. The highest BCUT2D eigenvalue weighted by molar-refractivity contribution is 6.33. The molecule has 0 fully saturated rings. The fourth-order valence-electron chi connectivity index (χ4n) is 1.86. The van der Waals surface area contributed by atoms with E-state index in [0.717, 1.165) is 30.8 Å². The van der Waals surface area contributed by atoms with Crippen LogP contribution in [0, 0.1) is 6.92 Å². The molecule has 19 heavy (non-hydrogen) atoms. The predicted octanol–water partition coefficient (Wildman–Crippen LogP) is 3.76. The van der Waals surface area contributed by atoms with Crippen LogP contribution in [0.2, 0.25) is 5.02 Å². The molecular weight excluding hydrogens is 258 g/mol. The Kier molecular flexibility index (Phi) is 6.46. The first-order valence-corrected chi connectivity index (χ1v) is 7.29. The van der Waals surface area contributed by atoms with Gasteiger partial charge in [0.25, 0.3) is 0 Å². The number of nitrogens with one attached hydrogen (secondary N) is 1. The summed E-state index contributed by atoms with van der Waals surface area (Å²) < 4.78 is 0. The lowest BCUT2D eigenvalue weighted by atomic mass is 10.1. The first kappa shape index (κ1) is 16.1. The van der Waals surface area contributed by atoms with Crippen LogP contribution < -0.4 is 11.1 Å². The van der Waals surface area contributed by atoms with E-state index in [9.17, 15) is 0 Å². The van der Waals surface area contributed by atoms with Crippen LogP contribution in [0.3, 0.4) is 0 Å². The van der Waals surface area contributed by atoms with Crippen LogP contribution in [0.15, 0.2) is 12.1 Å². The SMILES string of the molecule is Cc1cc(N)c(Cl)cc1NCCCCN(C)C(C)C. The highest BCUT2D eigenvalue weighted by Crippen LogP contribution is 2.26. The number of hydrogen-bond acceptors (Lipinski definition) is 3. The molecule has 0 heterocycles. The van der Waals surface area contributed by atoms with Gasteiger partial charge in [-0.2, -0.15) is 0 Å². The number of unbranched alkanes of at least 4 members (excludes halogenated alkanes) is 1. The molecule has 0 saturated heterocycles. The van der Waals surface area contributed by atoms with Crippen molar-refractivity contribution in [2.45, 2.75) is 39.7 Å². The first-order valence-electron chi connectivity index (χ1n) is 6.91. The van der Waals surface area contributed by atoms with E-state index in [1.807, 2.05) is 19.1 Å². The van der Waals surface area contributed by atoms with Gasteiger partial charge in [0.1, 0.15) is 0 Å². The van der Waals surface area contributed by atoms with E-state index >= 15 is 0 Å². The van der Waals surface area contributed by atoms with Gasteiger partial charge in [0.05, 0.1) is 10.7 Å². The lowest BCUT2D eigenvalue weighted by Crippen LogP contribution is -2.27. The first-order chi connectivity index (χ1) is 8.91. The van der Waals surface area contributed by atoms with Gasteiger partial charge in [0.2, 0.25) is 0 Å². The quantitative estimate of drug-likeness (QED) is 0.591. The second kappa shape index (κ2) is 7.61. The van der Waals surface area contributed by atoms with Gasteiger partial charge in [0, 0.05) is 18.3 Å². The van der Waals surface area contributed by atoms with Crippen molar-refractivity contribution in [1.29, 1.82) is 0 Å². The second-order valence-corrected chi connectivity index (χ2v) is 5.80. The van der Waals surface area contributed by atoms with Crippen LogP contribution in [0.1, 0.15) is 32.3 Å². The molecule has 1 rings (SSSR count). The van der Waals surface area contributed by atoms with Gasteiger partial charge < -0.3 is 16.0 Å². The molecule has 0 aliphatic rings. The monoisotopic (exact) mass is 283 g/mol. The Hall–Kier alpha value is -0.930. The number of benzene rings is 1. The van der Waals surface area contributed by atoms with Crippen LogP contribution in [0.5, 0.6) is 0 Å². The molecule has 0 saturated carbocycles. The van der Waals surface area contributed by atoms with Gasteiger partial charge in [-0.05, 0) is 64.9 Å². The molecule has 108 valence electrons. The van der Waals surface area contributed by atoms with E-state index in [1.165, 1.54) is 6.42 Å². The standard InChI is InChI=1S/C15H26ClN3/c1-11(2)19(4)8-6-5-7-18-15-10-13(16)14(17)9-12(15)3/h9-11,18H,5-8,17H2,1-4H3. The molecule has 0 bridgehead atoms. The third-order valence-corrected chi connectivity index (χ3v) is 3.81. The van der Waals surface area contributed by atoms with Gasteiger partial charge in [-0.1, -0.05) is 11.6 Å².